The highest BCUT2D eigenvalue weighted by Gasteiger charge is 2.10. The van der Waals surface area contributed by atoms with Gasteiger partial charge in [0.25, 0.3) is 0 Å². The third-order valence-electron chi connectivity index (χ3n) is 3.55. The molecule has 0 saturated carbocycles. The Kier molecular flexibility index (Phi) is 8.07. The minimum Gasteiger partial charge on any atom is -0.459 e. The average Bonchev–Trinajstić information content (AvgIpc) is 2.63. The van der Waals surface area contributed by atoms with Crippen LogP contribution >= 0.6 is 11.8 Å². The average molecular weight is 401 g/mol. The smallest absolute Gasteiger partial charge is 0.338 e. The van der Waals surface area contributed by atoms with Crippen LogP contribution < -0.4 is 10.6 Å². The van der Waals surface area contributed by atoms with Crippen molar-refractivity contribution in [1.82, 2.24) is 0 Å². The largest absolute Gasteiger partial charge is 0.459 e. The maximum absolute atomic E-state index is 12.0. The summed E-state index contributed by atoms with van der Waals surface area (Å²) in [5, 5.41) is 5.52. The van der Waals surface area contributed by atoms with Crippen LogP contribution in [-0.4, -0.2) is 35.4 Å². The predicted octanol–water partition coefficient (Wildman–Crippen LogP) is 3.87. The summed E-state index contributed by atoms with van der Waals surface area (Å²) < 4.78 is 5.11. The number of ether oxygens (including phenoxy) is 1. The zero-order valence-corrected chi connectivity index (χ0v) is 17.0. The van der Waals surface area contributed by atoms with Crippen LogP contribution in [0.3, 0.4) is 0 Å². The maximum atomic E-state index is 12.0. The van der Waals surface area contributed by atoms with Crippen molar-refractivity contribution in [1.29, 1.82) is 0 Å². The van der Waals surface area contributed by atoms with Crippen LogP contribution in [0.1, 0.15) is 29.8 Å². The first kappa shape index (κ1) is 21.5. The molecule has 2 amide bonds. The molecule has 2 aromatic rings. The van der Waals surface area contributed by atoms with E-state index in [-0.39, 0.29) is 29.4 Å². The van der Waals surface area contributed by atoms with Crippen molar-refractivity contribution in [2.24, 2.45) is 0 Å². The monoisotopic (exact) mass is 400 g/mol. The zero-order chi connectivity index (χ0) is 20.5. The van der Waals surface area contributed by atoms with E-state index >= 15 is 0 Å². The molecule has 0 spiro atoms. The van der Waals surface area contributed by atoms with E-state index in [1.807, 2.05) is 31.2 Å². The first-order chi connectivity index (χ1) is 13.3. The first-order valence-corrected chi connectivity index (χ1v) is 10.0. The van der Waals surface area contributed by atoms with Gasteiger partial charge in [-0.3, -0.25) is 9.59 Å². The summed E-state index contributed by atoms with van der Waals surface area (Å²) in [6, 6.07) is 14.0. The first-order valence-electron chi connectivity index (χ1n) is 8.88. The van der Waals surface area contributed by atoms with E-state index in [4.69, 9.17) is 4.74 Å². The lowest BCUT2D eigenvalue weighted by molar-refractivity contribution is -0.114. The number of amides is 2. The van der Waals surface area contributed by atoms with Gasteiger partial charge in [-0.15, -0.1) is 11.8 Å². The molecule has 0 unspecified atom stereocenters. The second kappa shape index (κ2) is 10.5. The molecule has 7 heteroatoms. The third-order valence-corrected chi connectivity index (χ3v) is 4.48. The summed E-state index contributed by atoms with van der Waals surface area (Å²) in [6.45, 7) is 5.54. The Labute approximate surface area is 169 Å². The van der Waals surface area contributed by atoms with Crippen LogP contribution in [0.15, 0.2) is 48.5 Å². The molecule has 0 heterocycles. The number of hydrogen-bond donors (Lipinski definition) is 2. The molecule has 0 atom stereocenters. The van der Waals surface area contributed by atoms with Gasteiger partial charge >= 0.3 is 5.97 Å². The molecule has 6 nitrogen and oxygen atoms in total. The lowest BCUT2D eigenvalue weighted by Gasteiger charge is -2.09. The summed E-state index contributed by atoms with van der Waals surface area (Å²) in [4.78, 5) is 35.7. The molecule has 0 saturated heterocycles. The van der Waals surface area contributed by atoms with E-state index in [9.17, 15) is 14.4 Å². The molecule has 0 aliphatic carbocycles. The van der Waals surface area contributed by atoms with Crippen LogP contribution in [0.25, 0.3) is 0 Å². The lowest BCUT2D eigenvalue weighted by Crippen LogP contribution is -2.18. The van der Waals surface area contributed by atoms with Gasteiger partial charge in [0.1, 0.15) is 0 Å². The van der Waals surface area contributed by atoms with Gasteiger partial charge in [-0.1, -0.05) is 17.7 Å². The van der Waals surface area contributed by atoms with Crippen LogP contribution in [-0.2, 0) is 14.3 Å². The highest BCUT2D eigenvalue weighted by atomic mass is 32.2. The Morgan fingerprint density at radius 3 is 1.79 bits per heavy atom. The number of benzene rings is 2. The number of carbonyl (C=O) groups excluding carboxylic acids is 3. The van der Waals surface area contributed by atoms with E-state index in [2.05, 4.69) is 10.6 Å². The van der Waals surface area contributed by atoms with Crippen molar-refractivity contribution in [2.45, 2.75) is 26.9 Å². The summed E-state index contributed by atoms with van der Waals surface area (Å²) in [7, 11) is 0. The number of carbonyl (C=O) groups is 3. The molecule has 2 N–H and O–H groups in total. The Morgan fingerprint density at radius 2 is 1.32 bits per heavy atom. The van der Waals surface area contributed by atoms with Crippen LogP contribution in [0.2, 0.25) is 0 Å². The normalized spacial score (nSPS) is 10.4. The highest BCUT2D eigenvalue weighted by Crippen LogP contribution is 2.13. The van der Waals surface area contributed by atoms with Gasteiger partial charge in [0, 0.05) is 11.4 Å². The number of esters is 1. The molecule has 148 valence electrons. The molecule has 0 aromatic heterocycles. The van der Waals surface area contributed by atoms with Crippen LogP contribution in [0, 0.1) is 6.92 Å². The Balaban J connectivity index is 1.72. The minimum absolute atomic E-state index is 0.151. The molecule has 2 rings (SSSR count). The summed E-state index contributed by atoms with van der Waals surface area (Å²) in [5.41, 5.74) is 2.86. The van der Waals surface area contributed by atoms with Gasteiger partial charge in [0.15, 0.2) is 0 Å². The second-order valence-electron chi connectivity index (χ2n) is 6.49. The van der Waals surface area contributed by atoms with Crippen LogP contribution in [0.4, 0.5) is 11.4 Å². The van der Waals surface area contributed by atoms with E-state index in [0.29, 0.717) is 11.3 Å². The van der Waals surface area contributed by atoms with Gasteiger partial charge in [0.2, 0.25) is 11.8 Å². The number of aryl methyl sites for hydroxylation is 1. The minimum atomic E-state index is -0.400. The number of hydrogen-bond acceptors (Lipinski definition) is 5. The second-order valence-corrected chi connectivity index (χ2v) is 7.47. The van der Waals surface area contributed by atoms with E-state index in [1.54, 1.807) is 38.1 Å². The van der Waals surface area contributed by atoms with E-state index in [1.165, 1.54) is 11.8 Å². The quantitative estimate of drug-likeness (QED) is 0.657. The topological polar surface area (TPSA) is 84.5 Å². The van der Waals surface area contributed by atoms with Gasteiger partial charge < -0.3 is 15.4 Å². The number of thioether (sulfide) groups is 1. The number of anilines is 2. The third kappa shape index (κ3) is 7.44. The predicted molar refractivity (Wildman–Crippen MR) is 113 cm³/mol. The molecule has 2 aromatic carbocycles. The Hall–Kier alpha value is -2.80. The summed E-state index contributed by atoms with van der Waals surface area (Å²) in [6.07, 6.45) is -0.188. The molecule has 0 aliphatic heterocycles. The molecule has 28 heavy (non-hydrogen) atoms. The SMILES string of the molecule is Cc1ccc(NC(=O)CSCC(=O)Nc2ccc(C(=O)OC(C)C)cc2)cc1. The Morgan fingerprint density at radius 1 is 0.857 bits per heavy atom. The number of rotatable bonds is 8. The van der Waals surface area contributed by atoms with Crippen molar-refractivity contribution < 1.29 is 19.1 Å². The molecule has 0 bridgehead atoms. The molecule has 0 fully saturated rings. The highest BCUT2D eigenvalue weighted by molar-refractivity contribution is 8.00. The van der Waals surface area contributed by atoms with E-state index in [0.717, 1.165) is 11.3 Å². The summed E-state index contributed by atoms with van der Waals surface area (Å²) >= 11 is 1.23. The van der Waals surface area contributed by atoms with Crippen molar-refractivity contribution in [3.63, 3.8) is 0 Å². The Bertz CT molecular complexity index is 817. The zero-order valence-electron chi connectivity index (χ0n) is 16.2. The standard InChI is InChI=1S/C21H24N2O4S/c1-14(2)27-21(26)16-6-10-18(11-7-16)23-20(25)13-28-12-19(24)22-17-8-4-15(3)5-9-17/h4-11,14H,12-13H2,1-3H3,(H,22,24)(H,23,25). The van der Waals surface area contributed by atoms with Crippen molar-refractivity contribution in [3.8, 4) is 0 Å². The molecular formula is C21H24N2O4S. The molecule has 0 radical (unpaired) electrons. The van der Waals surface area contributed by atoms with Crippen molar-refractivity contribution in [3.05, 3.63) is 59.7 Å². The van der Waals surface area contributed by atoms with Crippen molar-refractivity contribution >= 4 is 40.9 Å². The fraction of sp³-hybridized carbons (Fsp3) is 0.286. The van der Waals surface area contributed by atoms with Gasteiger partial charge in [-0.25, -0.2) is 4.79 Å². The molecular weight excluding hydrogens is 376 g/mol. The van der Waals surface area contributed by atoms with E-state index < -0.39 is 5.97 Å². The fourth-order valence-corrected chi connectivity index (χ4v) is 2.86. The lowest BCUT2D eigenvalue weighted by atomic mass is 10.2. The van der Waals surface area contributed by atoms with Crippen LogP contribution in [0.5, 0.6) is 0 Å². The van der Waals surface area contributed by atoms with Crippen molar-refractivity contribution in [2.75, 3.05) is 22.1 Å². The van der Waals surface area contributed by atoms with Gasteiger partial charge in [-0.2, -0.15) is 0 Å². The number of nitrogens with one attached hydrogen (secondary N) is 2. The summed E-state index contributed by atoms with van der Waals surface area (Å²) in [5.74, 6) is -0.442. The molecule has 0 aliphatic rings. The maximum Gasteiger partial charge on any atom is 0.338 e. The van der Waals surface area contributed by atoms with Gasteiger partial charge in [-0.05, 0) is 57.2 Å². The van der Waals surface area contributed by atoms with Gasteiger partial charge in [0.05, 0.1) is 23.2 Å². The fourth-order valence-electron chi connectivity index (χ4n) is 2.24.